The first kappa shape index (κ1) is 28.7. The van der Waals surface area contributed by atoms with Gasteiger partial charge in [-0.2, -0.15) is 0 Å². The van der Waals surface area contributed by atoms with Crippen LogP contribution in [0.1, 0.15) is 23.0 Å². The van der Waals surface area contributed by atoms with E-state index in [-0.39, 0.29) is 30.0 Å². The lowest BCUT2D eigenvalue weighted by Crippen LogP contribution is -2.44. The lowest BCUT2D eigenvalue weighted by molar-refractivity contribution is -0.143. The summed E-state index contributed by atoms with van der Waals surface area (Å²) in [5.74, 6) is -3.22. The molecule has 13 nitrogen and oxygen atoms in total. The van der Waals surface area contributed by atoms with Crippen LogP contribution in [-0.4, -0.2) is 65.8 Å². The molecule has 4 amide bonds. The zero-order valence-electron chi connectivity index (χ0n) is 20.1. The molecule has 0 saturated heterocycles. The second-order valence-corrected chi connectivity index (χ2v) is 7.61. The SMILES string of the molecule is CCOC(=O)CNC(=O)CNC(=O)CNC(=O)/C(=C/Nc1nc(C)cc(Cl)n1)NC(=O)c1ccccc1. The number of halogens is 1. The van der Waals surface area contributed by atoms with Gasteiger partial charge in [-0.25, -0.2) is 9.97 Å². The molecule has 0 fully saturated rings. The predicted octanol–water partition coefficient (Wildman–Crippen LogP) is 0.0334. The molecule has 0 saturated carbocycles. The number of carbonyl (C=O) groups is 5. The first-order valence-corrected chi connectivity index (χ1v) is 11.4. The molecule has 1 heterocycles. The van der Waals surface area contributed by atoms with Gasteiger partial charge < -0.3 is 31.3 Å². The molecule has 0 bridgehead atoms. The zero-order valence-corrected chi connectivity index (χ0v) is 20.8. The first-order chi connectivity index (χ1) is 17.7. The number of aryl methyl sites for hydroxylation is 1. The Kier molecular flexibility index (Phi) is 11.5. The van der Waals surface area contributed by atoms with Gasteiger partial charge in [0.15, 0.2) is 0 Å². The third-order valence-corrected chi connectivity index (χ3v) is 4.48. The quantitative estimate of drug-likeness (QED) is 0.143. The summed E-state index contributed by atoms with van der Waals surface area (Å²) in [5.41, 5.74) is 0.621. The van der Waals surface area contributed by atoms with Gasteiger partial charge in [-0.05, 0) is 32.0 Å². The van der Waals surface area contributed by atoms with E-state index in [9.17, 15) is 24.0 Å². The van der Waals surface area contributed by atoms with E-state index < -0.39 is 42.7 Å². The topological polar surface area (TPSA) is 181 Å². The minimum Gasteiger partial charge on any atom is -0.465 e. The van der Waals surface area contributed by atoms with Crippen LogP contribution < -0.4 is 26.6 Å². The molecule has 5 N–H and O–H groups in total. The summed E-state index contributed by atoms with van der Waals surface area (Å²) in [6.45, 7) is 2.24. The van der Waals surface area contributed by atoms with Crippen LogP contribution in [-0.2, 0) is 23.9 Å². The summed E-state index contributed by atoms with van der Waals surface area (Å²) in [6, 6.07) is 9.70. The van der Waals surface area contributed by atoms with Crippen molar-refractivity contribution in [2.75, 3.05) is 31.6 Å². The van der Waals surface area contributed by atoms with Gasteiger partial charge in [0.2, 0.25) is 17.8 Å². The van der Waals surface area contributed by atoms with Crippen LogP contribution in [0.15, 0.2) is 48.3 Å². The summed E-state index contributed by atoms with van der Waals surface area (Å²) in [5, 5.41) is 12.2. The third-order valence-electron chi connectivity index (χ3n) is 4.29. The van der Waals surface area contributed by atoms with Gasteiger partial charge in [0.25, 0.3) is 11.8 Å². The Morgan fingerprint density at radius 3 is 2.24 bits per heavy atom. The van der Waals surface area contributed by atoms with E-state index in [1.807, 2.05) is 0 Å². The Balaban J connectivity index is 1.98. The lowest BCUT2D eigenvalue weighted by Gasteiger charge is -2.12. The number of anilines is 1. The number of benzene rings is 1. The van der Waals surface area contributed by atoms with Crippen molar-refractivity contribution in [3.8, 4) is 0 Å². The lowest BCUT2D eigenvalue weighted by atomic mass is 10.2. The fourth-order valence-corrected chi connectivity index (χ4v) is 2.85. The molecule has 0 spiro atoms. The molecular weight excluding hydrogens is 506 g/mol. The number of carbonyl (C=O) groups excluding carboxylic acids is 5. The summed E-state index contributed by atoms with van der Waals surface area (Å²) < 4.78 is 4.68. The van der Waals surface area contributed by atoms with Crippen LogP contribution in [0, 0.1) is 6.92 Å². The number of aromatic nitrogens is 2. The third kappa shape index (κ3) is 10.7. The highest BCUT2D eigenvalue weighted by molar-refractivity contribution is 6.29. The van der Waals surface area contributed by atoms with E-state index in [4.69, 9.17) is 11.6 Å². The molecule has 0 aliphatic carbocycles. The van der Waals surface area contributed by atoms with Crippen LogP contribution in [0.2, 0.25) is 5.15 Å². The number of nitrogens with one attached hydrogen (secondary N) is 5. The molecule has 0 atom stereocenters. The van der Waals surface area contributed by atoms with Crippen molar-refractivity contribution < 1.29 is 28.7 Å². The largest absolute Gasteiger partial charge is 0.465 e. The van der Waals surface area contributed by atoms with Crippen LogP contribution in [0.25, 0.3) is 0 Å². The Morgan fingerprint density at radius 2 is 1.59 bits per heavy atom. The maximum atomic E-state index is 12.7. The van der Waals surface area contributed by atoms with Crippen LogP contribution >= 0.6 is 11.6 Å². The Hall–Kier alpha value is -4.52. The van der Waals surface area contributed by atoms with Crippen molar-refractivity contribution in [3.05, 3.63) is 64.7 Å². The van der Waals surface area contributed by atoms with Gasteiger partial charge in [-0.3, -0.25) is 24.0 Å². The smallest absolute Gasteiger partial charge is 0.325 e. The van der Waals surface area contributed by atoms with Gasteiger partial charge in [0.1, 0.15) is 17.4 Å². The maximum absolute atomic E-state index is 12.7. The fraction of sp³-hybridized carbons (Fsp3) is 0.261. The molecule has 1 aromatic carbocycles. The minimum absolute atomic E-state index is 0.0795. The van der Waals surface area contributed by atoms with Crippen molar-refractivity contribution in [2.24, 2.45) is 0 Å². The monoisotopic (exact) mass is 531 g/mol. The van der Waals surface area contributed by atoms with E-state index in [1.54, 1.807) is 44.2 Å². The average molecular weight is 532 g/mol. The normalized spacial score (nSPS) is 10.6. The van der Waals surface area contributed by atoms with Crippen molar-refractivity contribution in [1.82, 2.24) is 31.2 Å². The maximum Gasteiger partial charge on any atom is 0.325 e. The number of ether oxygens (including phenoxy) is 1. The van der Waals surface area contributed by atoms with Crippen molar-refractivity contribution in [2.45, 2.75) is 13.8 Å². The molecule has 0 aliphatic heterocycles. The number of amides is 4. The van der Waals surface area contributed by atoms with E-state index in [0.29, 0.717) is 11.3 Å². The highest BCUT2D eigenvalue weighted by Crippen LogP contribution is 2.10. The van der Waals surface area contributed by atoms with E-state index in [2.05, 4.69) is 41.3 Å². The minimum atomic E-state index is -0.808. The molecular formula is C23H26ClN7O6. The van der Waals surface area contributed by atoms with Crippen LogP contribution in [0.3, 0.4) is 0 Å². The second-order valence-electron chi connectivity index (χ2n) is 7.22. The molecule has 2 aromatic rings. The standard InChI is InChI=1S/C23H26ClN7O6/c1-3-37-20(34)13-26-18(32)11-25-19(33)12-27-22(36)16(30-21(35)15-7-5-4-6-8-15)10-28-23-29-14(2)9-17(24)31-23/h4-10H,3,11-13H2,1-2H3,(H,25,33)(H,26,32)(H,27,36)(H,30,35)(H,28,29,31)/b16-10-. The molecule has 2 rings (SSSR count). The van der Waals surface area contributed by atoms with Gasteiger partial charge >= 0.3 is 5.97 Å². The summed E-state index contributed by atoms with van der Waals surface area (Å²) in [4.78, 5) is 68.4. The van der Waals surface area contributed by atoms with Gasteiger partial charge in [-0.15, -0.1) is 0 Å². The number of rotatable bonds is 12. The van der Waals surface area contributed by atoms with Gasteiger partial charge in [0.05, 0.1) is 19.7 Å². The van der Waals surface area contributed by atoms with Crippen molar-refractivity contribution in [3.63, 3.8) is 0 Å². The van der Waals surface area contributed by atoms with Gasteiger partial charge in [-0.1, -0.05) is 29.8 Å². The molecule has 0 unspecified atom stereocenters. The van der Waals surface area contributed by atoms with Crippen LogP contribution in [0.5, 0.6) is 0 Å². The highest BCUT2D eigenvalue weighted by atomic mass is 35.5. The Labute approximate surface area is 217 Å². The second kappa shape index (κ2) is 14.8. The first-order valence-electron chi connectivity index (χ1n) is 11.0. The predicted molar refractivity (Wildman–Crippen MR) is 133 cm³/mol. The Morgan fingerprint density at radius 1 is 0.946 bits per heavy atom. The van der Waals surface area contributed by atoms with E-state index in [0.717, 1.165) is 6.20 Å². The molecule has 37 heavy (non-hydrogen) atoms. The van der Waals surface area contributed by atoms with Gasteiger partial charge in [0, 0.05) is 17.5 Å². The van der Waals surface area contributed by atoms with Crippen molar-refractivity contribution in [1.29, 1.82) is 0 Å². The summed E-state index contributed by atoms with van der Waals surface area (Å²) >= 11 is 5.92. The molecule has 14 heteroatoms. The number of nitrogens with zero attached hydrogens (tertiary/aromatic N) is 2. The summed E-state index contributed by atoms with van der Waals surface area (Å²) in [7, 11) is 0. The fourth-order valence-electron chi connectivity index (χ4n) is 2.62. The number of hydrogen-bond donors (Lipinski definition) is 5. The summed E-state index contributed by atoms with van der Waals surface area (Å²) in [6.07, 6.45) is 1.15. The van der Waals surface area contributed by atoms with E-state index in [1.165, 1.54) is 6.07 Å². The molecule has 196 valence electrons. The molecule has 1 aromatic heterocycles. The molecule has 0 aliphatic rings. The Bertz CT molecular complexity index is 1150. The zero-order chi connectivity index (χ0) is 27.2. The van der Waals surface area contributed by atoms with Crippen LogP contribution in [0.4, 0.5) is 5.95 Å². The highest BCUT2D eigenvalue weighted by Gasteiger charge is 2.16. The average Bonchev–Trinajstić information content (AvgIpc) is 2.87. The number of hydrogen-bond acceptors (Lipinski definition) is 9. The van der Waals surface area contributed by atoms with E-state index >= 15 is 0 Å². The molecule has 0 radical (unpaired) electrons. The number of esters is 1. The van der Waals surface area contributed by atoms with Crippen molar-refractivity contribution >= 4 is 47.1 Å².